The molecule has 0 bridgehead atoms. The molecular weight excluding hydrogens is 548 g/mol. The molecule has 0 aromatic heterocycles. The first-order valence-corrected chi connectivity index (χ1v) is 14.4. The standard InChI is InChI=1S/C34H36N2O7/c1-23-6-3-4-7-27(23)22-43-28-14-12-25(13-15-28)31(37)29-30(24-8-10-26(11-9-24)34(40)41-2)36(33(39)32(29)38)17-5-16-35-18-20-42-21-19-35/h3-4,6-15,30,37H,5,16-22H2,1-2H3/b31-29+. The highest BCUT2D eigenvalue weighted by molar-refractivity contribution is 6.46. The lowest BCUT2D eigenvalue weighted by Gasteiger charge is -2.29. The maximum atomic E-state index is 13.4. The number of hydrogen-bond acceptors (Lipinski definition) is 8. The van der Waals surface area contributed by atoms with Gasteiger partial charge in [-0.2, -0.15) is 0 Å². The molecule has 43 heavy (non-hydrogen) atoms. The van der Waals surface area contributed by atoms with E-state index in [1.165, 1.54) is 12.0 Å². The minimum atomic E-state index is -0.812. The number of carbonyl (C=O) groups is 3. The number of aliphatic hydroxyl groups excluding tert-OH is 1. The van der Waals surface area contributed by atoms with Crippen LogP contribution in [0.25, 0.3) is 5.76 Å². The number of ether oxygens (including phenoxy) is 3. The number of nitrogens with zero attached hydrogens (tertiary/aromatic N) is 2. The molecule has 3 aromatic carbocycles. The Morgan fingerprint density at radius 1 is 0.930 bits per heavy atom. The van der Waals surface area contributed by atoms with E-state index in [9.17, 15) is 19.5 Å². The van der Waals surface area contributed by atoms with Crippen LogP contribution in [0.4, 0.5) is 0 Å². The first-order valence-electron chi connectivity index (χ1n) is 14.4. The average Bonchev–Trinajstić information content (AvgIpc) is 3.29. The van der Waals surface area contributed by atoms with Gasteiger partial charge in [-0.3, -0.25) is 14.5 Å². The van der Waals surface area contributed by atoms with Crippen molar-refractivity contribution in [3.05, 3.63) is 106 Å². The molecule has 9 heteroatoms. The van der Waals surface area contributed by atoms with Crippen molar-refractivity contribution in [3.8, 4) is 5.75 Å². The van der Waals surface area contributed by atoms with Crippen LogP contribution in [0.15, 0.2) is 78.4 Å². The molecular formula is C34H36N2O7. The zero-order valence-electron chi connectivity index (χ0n) is 24.5. The van der Waals surface area contributed by atoms with Gasteiger partial charge in [0.25, 0.3) is 11.7 Å². The number of morpholine rings is 1. The van der Waals surface area contributed by atoms with E-state index in [0.29, 0.717) is 55.2 Å². The molecule has 0 aliphatic carbocycles. The third-order valence-corrected chi connectivity index (χ3v) is 7.95. The molecule has 9 nitrogen and oxygen atoms in total. The highest BCUT2D eigenvalue weighted by Crippen LogP contribution is 2.39. The number of ketones is 1. The van der Waals surface area contributed by atoms with Crippen LogP contribution < -0.4 is 4.74 Å². The van der Waals surface area contributed by atoms with Gasteiger partial charge in [0.15, 0.2) is 0 Å². The summed E-state index contributed by atoms with van der Waals surface area (Å²) in [7, 11) is 1.30. The first-order chi connectivity index (χ1) is 20.9. The molecule has 5 rings (SSSR count). The van der Waals surface area contributed by atoms with Crippen molar-refractivity contribution in [2.75, 3.05) is 46.5 Å². The monoisotopic (exact) mass is 584 g/mol. The predicted octanol–water partition coefficient (Wildman–Crippen LogP) is 4.50. The quantitative estimate of drug-likeness (QED) is 0.161. The topological polar surface area (TPSA) is 106 Å². The first kappa shape index (κ1) is 30.0. The second kappa shape index (κ2) is 13.7. The Balaban J connectivity index is 1.41. The lowest BCUT2D eigenvalue weighted by atomic mass is 9.94. The highest BCUT2D eigenvalue weighted by Gasteiger charge is 2.45. The maximum Gasteiger partial charge on any atom is 0.337 e. The molecule has 3 aromatic rings. The van der Waals surface area contributed by atoms with Gasteiger partial charge in [0.2, 0.25) is 0 Å². The summed E-state index contributed by atoms with van der Waals surface area (Å²) in [4.78, 5) is 42.6. The number of amides is 1. The van der Waals surface area contributed by atoms with Crippen LogP contribution in [-0.2, 0) is 25.7 Å². The van der Waals surface area contributed by atoms with Gasteiger partial charge >= 0.3 is 5.97 Å². The largest absolute Gasteiger partial charge is 0.507 e. The second-order valence-electron chi connectivity index (χ2n) is 10.7. The Kier molecular flexibility index (Phi) is 9.54. The van der Waals surface area contributed by atoms with E-state index in [4.69, 9.17) is 14.2 Å². The number of likely N-dealkylation sites (tertiary alicyclic amines) is 1. The number of rotatable bonds is 10. The van der Waals surface area contributed by atoms with Crippen LogP contribution >= 0.6 is 0 Å². The molecule has 2 fully saturated rings. The van der Waals surface area contributed by atoms with E-state index in [1.54, 1.807) is 48.5 Å². The molecule has 1 atom stereocenters. The van der Waals surface area contributed by atoms with Gasteiger partial charge in [0.1, 0.15) is 18.1 Å². The van der Waals surface area contributed by atoms with E-state index >= 15 is 0 Å². The number of benzene rings is 3. The Morgan fingerprint density at radius 2 is 1.60 bits per heavy atom. The van der Waals surface area contributed by atoms with Crippen molar-refractivity contribution in [1.29, 1.82) is 0 Å². The summed E-state index contributed by atoms with van der Waals surface area (Å²) >= 11 is 0. The molecule has 2 aliphatic rings. The Morgan fingerprint density at radius 3 is 2.28 bits per heavy atom. The van der Waals surface area contributed by atoms with Gasteiger partial charge in [-0.25, -0.2) is 4.79 Å². The molecule has 0 spiro atoms. The number of hydrogen-bond donors (Lipinski definition) is 1. The number of esters is 1. The summed E-state index contributed by atoms with van der Waals surface area (Å²) in [6.07, 6.45) is 0.650. The summed E-state index contributed by atoms with van der Waals surface area (Å²) in [6.45, 7) is 6.49. The van der Waals surface area contributed by atoms with Gasteiger partial charge < -0.3 is 24.2 Å². The summed E-state index contributed by atoms with van der Waals surface area (Å²) in [6, 6.07) is 20.5. The van der Waals surface area contributed by atoms with Crippen molar-refractivity contribution in [3.63, 3.8) is 0 Å². The molecule has 0 saturated carbocycles. The van der Waals surface area contributed by atoms with E-state index in [-0.39, 0.29) is 11.3 Å². The van der Waals surface area contributed by atoms with Crippen molar-refractivity contribution in [1.82, 2.24) is 9.80 Å². The Labute approximate surface area is 251 Å². The third-order valence-electron chi connectivity index (χ3n) is 7.95. The summed E-state index contributed by atoms with van der Waals surface area (Å²) < 4.78 is 16.2. The fourth-order valence-corrected chi connectivity index (χ4v) is 5.46. The average molecular weight is 585 g/mol. The van der Waals surface area contributed by atoms with Crippen LogP contribution in [0.1, 0.15) is 45.1 Å². The summed E-state index contributed by atoms with van der Waals surface area (Å²) in [5.74, 6) is -1.55. The maximum absolute atomic E-state index is 13.4. The lowest BCUT2D eigenvalue weighted by molar-refractivity contribution is -0.140. The zero-order chi connectivity index (χ0) is 30.3. The van der Waals surface area contributed by atoms with Crippen molar-refractivity contribution < 1.29 is 33.7 Å². The van der Waals surface area contributed by atoms with E-state index in [0.717, 1.165) is 30.8 Å². The minimum Gasteiger partial charge on any atom is -0.507 e. The van der Waals surface area contributed by atoms with Gasteiger partial charge in [-0.05, 0) is 66.4 Å². The summed E-state index contributed by atoms with van der Waals surface area (Å²) in [5, 5.41) is 11.4. The molecule has 0 radical (unpaired) electrons. The number of Topliss-reactive ketones (excluding diaryl/α,β-unsaturated/α-hetero) is 1. The fraction of sp³-hybridized carbons (Fsp3) is 0.324. The SMILES string of the molecule is COC(=O)c1ccc(C2/C(=C(\O)c3ccc(OCc4ccccc4C)cc3)C(=O)C(=O)N2CCCN2CCOCC2)cc1. The number of aliphatic hydroxyl groups is 1. The predicted molar refractivity (Wildman–Crippen MR) is 161 cm³/mol. The smallest absolute Gasteiger partial charge is 0.337 e. The Hall–Kier alpha value is -4.47. The Bertz CT molecular complexity index is 1490. The fourth-order valence-electron chi connectivity index (χ4n) is 5.46. The minimum absolute atomic E-state index is 0.00997. The van der Waals surface area contributed by atoms with Crippen LogP contribution in [0.3, 0.4) is 0 Å². The van der Waals surface area contributed by atoms with Crippen molar-refractivity contribution in [2.24, 2.45) is 0 Å². The van der Waals surface area contributed by atoms with Crippen molar-refractivity contribution >= 4 is 23.4 Å². The number of methoxy groups -OCH3 is 1. The third kappa shape index (κ3) is 6.79. The van der Waals surface area contributed by atoms with Gasteiger partial charge in [0.05, 0.1) is 37.5 Å². The van der Waals surface area contributed by atoms with Gasteiger partial charge in [-0.15, -0.1) is 0 Å². The molecule has 1 amide bonds. The molecule has 1 N–H and O–H groups in total. The number of aryl methyl sites for hydroxylation is 1. The van der Waals surface area contributed by atoms with Crippen LogP contribution in [0, 0.1) is 6.92 Å². The van der Waals surface area contributed by atoms with Crippen LogP contribution in [0.2, 0.25) is 0 Å². The molecule has 2 aliphatic heterocycles. The van der Waals surface area contributed by atoms with E-state index < -0.39 is 23.7 Å². The zero-order valence-corrected chi connectivity index (χ0v) is 24.5. The molecule has 2 saturated heterocycles. The van der Waals surface area contributed by atoms with Crippen LogP contribution in [-0.4, -0.2) is 79.1 Å². The molecule has 2 heterocycles. The molecule has 224 valence electrons. The number of carbonyl (C=O) groups excluding carboxylic acids is 3. The van der Waals surface area contributed by atoms with E-state index in [1.807, 2.05) is 31.2 Å². The van der Waals surface area contributed by atoms with Gasteiger partial charge in [-0.1, -0.05) is 36.4 Å². The van der Waals surface area contributed by atoms with E-state index in [2.05, 4.69) is 4.90 Å². The highest BCUT2D eigenvalue weighted by atomic mass is 16.5. The normalized spacial score (nSPS) is 18.6. The second-order valence-corrected chi connectivity index (χ2v) is 10.7. The van der Waals surface area contributed by atoms with Crippen LogP contribution in [0.5, 0.6) is 5.75 Å². The van der Waals surface area contributed by atoms with Crippen molar-refractivity contribution in [2.45, 2.75) is 26.0 Å². The summed E-state index contributed by atoms with van der Waals surface area (Å²) in [5.41, 5.74) is 3.56. The lowest BCUT2D eigenvalue weighted by Crippen LogP contribution is -2.39. The van der Waals surface area contributed by atoms with Gasteiger partial charge in [0, 0.05) is 31.7 Å². The molecule has 1 unspecified atom stereocenters.